The normalized spacial score (nSPS) is 14.2. The number of nitrogens with one attached hydrogen (secondary N) is 1. The standard InChI is InChI=1S/C10H9N3/c1-2-12-9-4-10-8(3-7(1)9)5-11-6-13-10/h3-6,12H,1-2H2. The highest BCUT2D eigenvalue weighted by Gasteiger charge is 2.10. The zero-order valence-corrected chi connectivity index (χ0v) is 7.12. The summed E-state index contributed by atoms with van der Waals surface area (Å²) in [7, 11) is 0. The van der Waals surface area contributed by atoms with Gasteiger partial charge in [0.15, 0.2) is 0 Å². The van der Waals surface area contributed by atoms with Gasteiger partial charge < -0.3 is 5.32 Å². The number of aromatic nitrogens is 2. The van der Waals surface area contributed by atoms with Crippen molar-refractivity contribution >= 4 is 16.6 Å². The number of hydrogen-bond donors (Lipinski definition) is 1. The molecular weight excluding hydrogens is 162 g/mol. The molecule has 0 saturated heterocycles. The van der Waals surface area contributed by atoms with Gasteiger partial charge in [0.2, 0.25) is 0 Å². The second kappa shape index (κ2) is 2.42. The Morgan fingerprint density at radius 1 is 1.31 bits per heavy atom. The maximum absolute atomic E-state index is 4.21. The molecule has 0 spiro atoms. The van der Waals surface area contributed by atoms with E-state index in [-0.39, 0.29) is 0 Å². The van der Waals surface area contributed by atoms with Crippen LogP contribution in [0.2, 0.25) is 0 Å². The van der Waals surface area contributed by atoms with E-state index in [9.17, 15) is 0 Å². The lowest BCUT2D eigenvalue weighted by Crippen LogP contribution is -1.90. The summed E-state index contributed by atoms with van der Waals surface area (Å²) < 4.78 is 0. The molecule has 1 aliphatic rings. The van der Waals surface area contributed by atoms with Crippen molar-refractivity contribution in [1.29, 1.82) is 0 Å². The van der Waals surface area contributed by atoms with Crippen LogP contribution in [0.5, 0.6) is 0 Å². The van der Waals surface area contributed by atoms with Crippen LogP contribution in [-0.2, 0) is 6.42 Å². The SMILES string of the molecule is c1ncc2cc3c(cc2n1)NCC3. The molecule has 0 radical (unpaired) electrons. The van der Waals surface area contributed by atoms with Crippen molar-refractivity contribution in [2.75, 3.05) is 11.9 Å². The van der Waals surface area contributed by atoms with E-state index >= 15 is 0 Å². The monoisotopic (exact) mass is 171 g/mol. The maximum atomic E-state index is 4.21. The molecule has 3 nitrogen and oxygen atoms in total. The molecule has 2 aromatic rings. The lowest BCUT2D eigenvalue weighted by molar-refractivity contribution is 1.11. The zero-order chi connectivity index (χ0) is 8.67. The highest BCUT2D eigenvalue weighted by molar-refractivity contribution is 5.83. The first-order chi connectivity index (χ1) is 6.43. The van der Waals surface area contributed by atoms with E-state index in [1.807, 2.05) is 6.20 Å². The molecule has 1 N–H and O–H groups in total. The molecule has 0 aliphatic carbocycles. The smallest absolute Gasteiger partial charge is 0.116 e. The molecule has 2 heterocycles. The van der Waals surface area contributed by atoms with Gasteiger partial charge in [-0.2, -0.15) is 0 Å². The van der Waals surface area contributed by atoms with Gasteiger partial charge in [0.05, 0.1) is 5.52 Å². The van der Waals surface area contributed by atoms with Gasteiger partial charge in [0, 0.05) is 23.8 Å². The zero-order valence-electron chi connectivity index (χ0n) is 7.12. The van der Waals surface area contributed by atoms with Crippen LogP contribution in [0.4, 0.5) is 5.69 Å². The lowest BCUT2D eigenvalue weighted by atomic mass is 10.1. The van der Waals surface area contributed by atoms with Crippen LogP contribution < -0.4 is 5.32 Å². The molecule has 64 valence electrons. The molecule has 3 heteroatoms. The fourth-order valence-electron chi connectivity index (χ4n) is 1.78. The van der Waals surface area contributed by atoms with Crippen molar-refractivity contribution in [3.05, 3.63) is 30.2 Å². The van der Waals surface area contributed by atoms with Crippen molar-refractivity contribution in [3.63, 3.8) is 0 Å². The Morgan fingerprint density at radius 3 is 3.31 bits per heavy atom. The van der Waals surface area contributed by atoms with Crippen LogP contribution in [0.3, 0.4) is 0 Å². The van der Waals surface area contributed by atoms with Crippen molar-refractivity contribution in [2.45, 2.75) is 6.42 Å². The molecule has 0 unspecified atom stereocenters. The number of fused-ring (bicyclic) bond motifs is 2. The van der Waals surface area contributed by atoms with Gasteiger partial charge in [-0.3, -0.25) is 0 Å². The first kappa shape index (κ1) is 6.83. The second-order valence-corrected chi connectivity index (χ2v) is 3.27. The van der Waals surface area contributed by atoms with Crippen LogP contribution in [0.25, 0.3) is 10.9 Å². The van der Waals surface area contributed by atoms with Crippen molar-refractivity contribution < 1.29 is 0 Å². The summed E-state index contributed by atoms with van der Waals surface area (Å²) in [6.07, 6.45) is 4.56. The molecule has 0 fully saturated rings. The van der Waals surface area contributed by atoms with Crippen LogP contribution in [-0.4, -0.2) is 16.5 Å². The molecule has 0 amide bonds. The minimum atomic E-state index is 1.02. The van der Waals surface area contributed by atoms with Gasteiger partial charge in [-0.1, -0.05) is 0 Å². The Labute approximate surface area is 75.8 Å². The number of rotatable bonds is 0. The minimum absolute atomic E-state index is 1.02. The Bertz CT molecular complexity index is 422. The summed E-state index contributed by atoms with van der Waals surface area (Å²) in [5, 5.41) is 4.46. The van der Waals surface area contributed by atoms with E-state index < -0.39 is 0 Å². The summed E-state index contributed by atoms with van der Waals surface area (Å²) in [4.78, 5) is 8.21. The van der Waals surface area contributed by atoms with Crippen molar-refractivity contribution in [2.24, 2.45) is 0 Å². The molecule has 1 aromatic carbocycles. The lowest BCUT2D eigenvalue weighted by Gasteiger charge is -2.01. The second-order valence-electron chi connectivity index (χ2n) is 3.27. The highest BCUT2D eigenvalue weighted by Crippen LogP contribution is 2.26. The third-order valence-electron chi connectivity index (χ3n) is 2.44. The Hall–Kier alpha value is -1.64. The van der Waals surface area contributed by atoms with Gasteiger partial charge >= 0.3 is 0 Å². The largest absolute Gasteiger partial charge is 0.384 e. The van der Waals surface area contributed by atoms with Crippen molar-refractivity contribution in [1.82, 2.24) is 9.97 Å². The molecule has 1 aliphatic heterocycles. The summed E-state index contributed by atoms with van der Waals surface area (Å²) in [5.41, 5.74) is 3.62. The van der Waals surface area contributed by atoms with Crippen LogP contribution >= 0.6 is 0 Å². The Kier molecular flexibility index (Phi) is 1.27. The van der Waals surface area contributed by atoms with E-state index in [0.717, 1.165) is 23.9 Å². The molecule has 0 atom stereocenters. The quantitative estimate of drug-likeness (QED) is 0.654. The molecule has 13 heavy (non-hydrogen) atoms. The number of benzene rings is 1. The van der Waals surface area contributed by atoms with Gasteiger partial charge in [-0.25, -0.2) is 9.97 Å². The van der Waals surface area contributed by atoms with E-state index in [0.29, 0.717) is 0 Å². The topological polar surface area (TPSA) is 37.8 Å². The highest BCUT2D eigenvalue weighted by atomic mass is 14.9. The first-order valence-electron chi connectivity index (χ1n) is 4.40. The van der Waals surface area contributed by atoms with E-state index in [1.54, 1.807) is 6.33 Å². The van der Waals surface area contributed by atoms with Crippen LogP contribution in [0.1, 0.15) is 5.56 Å². The fourth-order valence-corrected chi connectivity index (χ4v) is 1.78. The minimum Gasteiger partial charge on any atom is -0.384 e. The summed E-state index contributed by atoms with van der Waals surface area (Å²) in [6.45, 7) is 1.04. The molecular formula is C10H9N3. The van der Waals surface area contributed by atoms with E-state index in [4.69, 9.17) is 0 Å². The van der Waals surface area contributed by atoms with E-state index in [1.165, 1.54) is 11.3 Å². The molecule has 1 aromatic heterocycles. The van der Waals surface area contributed by atoms with Crippen molar-refractivity contribution in [3.8, 4) is 0 Å². The predicted molar refractivity (Wildman–Crippen MR) is 51.7 cm³/mol. The van der Waals surface area contributed by atoms with Crippen LogP contribution in [0.15, 0.2) is 24.7 Å². The van der Waals surface area contributed by atoms with Gasteiger partial charge in [-0.05, 0) is 24.1 Å². The number of hydrogen-bond acceptors (Lipinski definition) is 3. The average molecular weight is 171 g/mol. The number of anilines is 1. The van der Waals surface area contributed by atoms with Crippen LogP contribution in [0, 0.1) is 0 Å². The average Bonchev–Trinajstić information content (AvgIpc) is 2.61. The summed E-state index contributed by atoms with van der Waals surface area (Å²) in [5.74, 6) is 0. The van der Waals surface area contributed by atoms with Gasteiger partial charge in [0.25, 0.3) is 0 Å². The molecule has 0 saturated carbocycles. The molecule has 3 rings (SSSR count). The molecule has 0 bridgehead atoms. The summed E-state index contributed by atoms with van der Waals surface area (Å²) >= 11 is 0. The van der Waals surface area contributed by atoms with Gasteiger partial charge in [0.1, 0.15) is 6.33 Å². The van der Waals surface area contributed by atoms with E-state index in [2.05, 4.69) is 27.4 Å². The number of nitrogens with zero attached hydrogens (tertiary/aromatic N) is 2. The third-order valence-corrected chi connectivity index (χ3v) is 2.44. The maximum Gasteiger partial charge on any atom is 0.116 e. The first-order valence-corrected chi connectivity index (χ1v) is 4.40. The Balaban J connectivity index is 2.36. The fraction of sp³-hybridized carbons (Fsp3) is 0.200. The van der Waals surface area contributed by atoms with Gasteiger partial charge in [-0.15, -0.1) is 0 Å². The Morgan fingerprint density at radius 2 is 2.31 bits per heavy atom. The predicted octanol–water partition coefficient (Wildman–Crippen LogP) is 1.60. The third kappa shape index (κ3) is 0.967. The summed E-state index contributed by atoms with van der Waals surface area (Å²) in [6, 6.07) is 4.27.